The normalized spacial score (nSPS) is 15.0. The maximum absolute atomic E-state index is 11.1. The maximum atomic E-state index is 11.1. The van der Waals surface area contributed by atoms with Crippen LogP contribution >= 0.6 is 0 Å². The lowest BCUT2D eigenvalue weighted by Gasteiger charge is -2.27. The van der Waals surface area contributed by atoms with E-state index in [1.807, 2.05) is 47.0 Å². The summed E-state index contributed by atoms with van der Waals surface area (Å²) in [7, 11) is 1.66. The second kappa shape index (κ2) is 8.00. The standard InChI is InChI=1S/C21H24N4O3/c1-28-17-4-2-3-16(12-17)21-18(14-24-9-7-22-8-10-24)25-13-15(11-20(26)27)5-6-19(25)23-21/h2-6,12-13,22H,7-11,14H2,1H3,(H,26,27). The van der Waals surface area contributed by atoms with Gasteiger partial charge in [0.15, 0.2) is 0 Å². The third-order valence-electron chi connectivity index (χ3n) is 5.06. The van der Waals surface area contributed by atoms with Gasteiger partial charge in [-0.05, 0) is 23.8 Å². The van der Waals surface area contributed by atoms with E-state index in [9.17, 15) is 4.79 Å². The number of hydrogen-bond donors (Lipinski definition) is 2. The number of hydrogen-bond acceptors (Lipinski definition) is 5. The molecule has 1 aromatic carbocycles. The fraction of sp³-hybridized carbons (Fsp3) is 0.333. The number of piperazine rings is 1. The second-order valence-corrected chi connectivity index (χ2v) is 7.00. The number of aromatic nitrogens is 2. The quantitative estimate of drug-likeness (QED) is 0.681. The number of nitrogens with zero attached hydrogens (tertiary/aromatic N) is 3. The van der Waals surface area contributed by atoms with Crippen molar-refractivity contribution >= 4 is 11.6 Å². The molecule has 2 N–H and O–H groups in total. The van der Waals surface area contributed by atoms with Crippen LogP contribution in [0.25, 0.3) is 16.9 Å². The Labute approximate surface area is 163 Å². The summed E-state index contributed by atoms with van der Waals surface area (Å²) in [4.78, 5) is 18.4. The zero-order chi connectivity index (χ0) is 19.5. The van der Waals surface area contributed by atoms with Crippen LogP contribution in [0.3, 0.4) is 0 Å². The van der Waals surface area contributed by atoms with Crippen LogP contribution in [0.4, 0.5) is 0 Å². The lowest BCUT2D eigenvalue weighted by Crippen LogP contribution is -2.43. The largest absolute Gasteiger partial charge is 0.497 e. The number of carboxylic acids is 1. The van der Waals surface area contributed by atoms with Crippen LogP contribution in [0.2, 0.25) is 0 Å². The predicted molar refractivity (Wildman–Crippen MR) is 107 cm³/mol. The highest BCUT2D eigenvalue weighted by Crippen LogP contribution is 2.29. The predicted octanol–water partition coefficient (Wildman–Crippen LogP) is 2.04. The number of methoxy groups -OCH3 is 1. The number of fused-ring (bicyclic) bond motifs is 1. The molecule has 28 heavy (non-hydrogen) atoms. The Kier molecular flexibility index (Phi) is 5.27. The smallest absolute Gasteiger partial charge is 0.307 e. The molecule has 2 aromatic heterocycles. The molecule has 0 aliphatic carbocycles. The van der Waals surface area contributed by atoms with Crippen molar-refractivity contribution in [3.05, 3.63) is 53.9 Å². The summed E-state index contributed by atoms with van der Waals surface area (Å²) >= 11 is 0. The highest BCUT2D eigenvalue weighted by molar-refractivity contribution is 5.71. The number of carbonyl (C=O) groups is 1. The van der Waals surface area contributed by atoms with Gasteiger partial charge >= 0.3 is 5.97 Å². The molecule has 0 amide bonds. The number of pyridine rings is 1. The number of ether oxygens (including phenoxy) is 1. The Bertz CT molecular complexity index is 992. The Hall–Kier alpha value is -2.90. The molecular weight excluding hydrogens is 356 g/mol. The van der Waals surface area contributed by atoms with Crippen LogP contribution in [0.5, 0.6) is 5.75 Å². The average molecular weight is 380 g/mol. The Balaban J connectivity index is 1.81. The first-order valence-corrected chi connectivity index (χ1v) is 9.43. The lowest BCUT2D eigenvalue weighted by molar-refractivity contribution is -0.136. The van der Waals surface area contributed by atoms with Crippen molar-refractivity contribution in [3.8, 4) is 17.0 Å². The summed E-state index contributed by atoms with van der Waals surface area (Å²) in [5, 5.41) is 12.5. The molecular formula is C21H24N4O3. The molecule has 146 valence electrons. The summed E-state index contributed by atoms with van der Waals surface area (Å²) < 4.78 is 7.42. The third-order valence-corrected chi connectivity index (χ3v) is 5.06. The van der Waals surface area contributed by atoms with Crippen molar-refractivity contribution < 1.29 is 14.6 Å². The molecule has 1 aliphatic heterocycles. The number of rotatable bonds is 6. The summed E-state index contributed by atoms with van der Waals surface area (Å²) in [6, 6.07) is 11.6. The molecule has 7 nitrogen and oxygen atoms in total. The first kappa shape index (κ1) is 18.5. The van der Waals surface area contributed by atoms with Crippen LogP contribution in [0, 0.1) is 0 Å². The molecule has 0 saturated carbocycles. The molecule has 3 aromatic rings. The summed E-state index contributed by atoms with van der Waals surface area (Å²) in [5.74, 6) is -0.0506. The van der Waals surface area contributed by atoms with Crippen LogP contribution in [0.1, 0.15) is 11.3 Å². The number of benzene rings is 1. The van der Waals surface area contributed by atoms with Crippen LogP contribution in [-0.2, 0) is 17.8 Å². The van der Waals surface area contributed by atoms with E-state index in [0.29, 0.717) is 0 Å². The van der Waals surface area contributed by atoms with Gasteiger partial charge in [-0.3, -0.25) is 9.69 Å². The van der Waals surface area contributed by atoms with Gasteiger partial charge in [-0.15, -0.1) is 0 Å². The molecule has 3 heterocycles. The highest BCUT2D eigenvalue weighted by Gasteiger charge is 2.19. The van der Waals surface area contributed by atoms with Gasteiger partial charge in [0.1, 0.15) is 11.4 Å². The number of carboxylic acid groups (broad SMARTS) is 1. The van der Waals surface area contributed by atoms with Crippen molar-refractivity contribution in [1.82, 2.24) is 19.6 Å². The second-order valence-electron chi connectivity index (χ2n) is 7.00. The van der Waals surface area contributed by atoms with Crippen molar-refractivity contribution in [3.63, 3.8) is 0 Å². The van der Waals surface area contributed by atoms with Crippen molar-refractivity contribution in [2.45, 2.75) is 13.0 Å². The van der Waals surface area contributed by atoms with Crippen molar-refractivity contribution in [1.29, 1.82) is 0 Å². The number of aliphatic carboxylic acids is 1. The molecule has 1 aliphatic rings. The average Bonchev–Trinajstić information content (AvgIpc) is 3.06. The summed E-state index contributed by atoms with van der Waals surface area (Å²) in [6.07, 6.45) is 1.90. The molecule has 0 spiro atoms. The van der Waals surface area contributed by atoms with Gasteiger partial charge in [0, 0.05) is 44.5 Å². The van der Waals surface area contributed by atoms with E-state index < -0.39 is 5.97 Å². The SMILES string of the molecule is COc1cccc(-c2nc3ccc(CC(=O)O)cn3c2CN2CCNCC2)c1. The minimum atomic E-state index is -0.837. The van der Waals surface area contributed by atoms with E-state index in [0.717, 1.165) is 66.6 Å². The Morgan fingerprint density at radius 3 is 2.82 bits per heavy atom. The first-order chi connectivity index (χ1) is 13.6. The van der Waals surface area contributed by atoms with Crippen molar-refractivity contribution in [2.75, 3.05) is 33.3 Å². The monoisotopic (exact) mass is 380 g/mol. The van der Waals surface area contributed by atoms with Gasteiger partial charge < -0.3 is 19.6 Å². The van der Waals surface area contributed by atoms with Gasteiger partial charge in [-0.25, -0.2) is 4.98 Å². The molecule has 1 fully saturated rings. The summed E-state index contributed by atoms with van der Waals surface area (Å²) in [6.45, 7) is 4.64. The molecule has 7 heteroatoms. The van der Waals surface area contributed by atoms with Gasteiger partial charge in [0.05, 0.1) is 24.9 Å². The van der Waals surface area contributed by atoms with E-state index in [1.165, 1.54) is 0 Å². The minimum absolute atomic E-state index is 0.00428. The maximum Gasteiger partial charge on any atom is 0.307 e. The lowest BCUT2D eigenvalue weighted by atomic mass is 10.1. The fourth-order valence-corrected chi connectivity index (χ4v) is 3.65. The molecule has 1 saturated heterocycles. The zero-order valence-corrected chi connectivity index (χ0v) is 15.9. The molecule has 4 rings (SSSR count). The Morgan fingerprint density at radius 2 is 2.07 bits per heavy atom. The van der Waals surface area contributed by atoms with Crippen LogP contribution in [0.15, 0.2) is 42.6 Å². The molecule has 0 radical (unpaired) electrons. The fourth-order valence-electron chi connectivity index (χ4n) is 3.65. The van der Waals surface area contributed by atoms with Crippen LogP contribution in [-0.4, -0.2) is 58.6 Å². The van der Waals surface area contributed by atoms with E-state index in [-0.39, 0.29) is 6.42 Å². The van der Waals surface area contributed by atoms with E-state index in [4.69, 9.17) is 14.8 Å². The van der Waals surface area contributed by atoms with E-state index in [2.05, 4.69) is 10.2 Å². The Morgan fingerprint density at radius 1 is 1.25 bits per heavy atom. The first-order valence-electron chi connectivity index (χ1n) is 9.43. The van der Waals surface area contributed by atoms with Gasteiger partial charge in [0.25, 0.3) is 0 Å². The zero-order valence-electron chi connectivity index (χ0n) is 15.9. The third kappa shape index (κ3) is 3.85. The summed E-state index contributed by atoms with van der Waals surface area (Å²) in [5.41, 5.74) is 4.54. The highest BCUT2D eigenvalue weighted by atomic mass is 16.5. The number of nitrogens with one attached hydrogen (secondary N) is 1. The van der Waals surface area contributed by atoms with Crippen molar-refractivity contribution in [2.24, 2.45) is 0 Å². The van der Waals surface area contributed by atoms with E-state index in [1.54, 1.807) is 7.11 Å². The minimum Gasteiger partial charge on any atom is -0.497 e. The van der Waals surface area contributed by atoms with E-state index >= 15 is 0 Å². The van der Waals surface area contributed by atoms with Gasteiger partial charge in [-0.2, -0.15) is 0 Å². The van der Waals surface area contributed by atoms with Crippen LogP contribution < -0.4 is 10.1 Å². The van der Waals surface area contributed by atoms with Gasteiger partial charge in [0.2, 0.25) is 0 Å². The number of imidazole rings is 1. The van der Waals surface area contributed by atoms with Gasteiger partial charge in [-0.1, -0.05) is 18.2 Å². The molecule has 0 unspecified atom stereocenters. The molecule has 0 bridgehead atoms. The topological polar surface area (TPSA) is 79.1 Å². The molecule has 0 atom stereocenters.